The van der Waals surface area contributed by atoms with E-state index in [0.717, 1.165) is 0 Å². The average molecular weight is 407 g/mol. The second-order valence-electron chi connectivity index (χ2n) is 5.06. The molecular formula is C16H11Cl2F3N2O3. The van der Waals surface area contributed by atoms with E-state index < -0.39 is 30.2 Å². The maximum atomic E-state index is 12.5. The average Bonchev–Trinajstić information content (AvgIpc) is 2.56. The van der Waals surface area contributed by atoms with Crippen molar-refractivity contribution in [2.75, 3.05) is 11.9 Å². The monoisotopic (exact) mass is 406 g/mol. The number of benzene rings is 1. The van der Waals surface area contributed by atoms with Crippen LogP contribution in [0.15, 0.2) is 36.5 Å². The SMILES string of the molecule is O=C(COC(=O)Cc1ccc(Cl)cc1)Nc1ncc(C(F)(F)F)cc1Cl. The van der Waals surface area contributed by atoms with Crippen LogP contribution in [0, 0.1) is 0 Å². The Bertz CT molecular complexity index is 811. The number of hydrogen-bond donors (Lipinski definition) is 1. The van der Waals surface area contributed by atoms with E-state index in [-0.39, 0.29) is 17.3 Å². The fourth-order valence-electron chi connectivity index (χ4n) is 1.82. The number of nitrogens with zero attached hydrogens (tertiary/aromatic N) is 1. The molecule has 0 aliphatic carbocycles. The summed E-state index contributed by atoms with van der Waals surface area (Å²) in [5, 5.41) is 2.30. The molecule has 0 bridgehead atoms. The van der Waals surface area contributed by atoms with Crippen LogP contribution in [0.4, 0.5) is 19.0 Å². The van der Waals surface area contributed by atoms with Gasteiger partial charge in [0.25, 0.3) is 5.91 Å². The minimum absolute atomic E-state index is 0.0657. The highest BCUT2D eigenvalue weighted by Gasteiger charge is 2.31. The van der Waals surface area contributed by atoms with Crippen LogP contribution >= 0.6 is 23.2 Å². The smallest absolute Gasteiger partial charge is 0.417 e. The molecule has 1 aromatic heterocycles. The molecule has 2 aromatic rings. The van der Waals surface area contributed by atoms with Crippen LogP contribution < -0.4 is 5.32 Å². The number of halogens is 5. The van der Waals surface area contributed by atoms with Crippen LogP contribution in [0.5, 0.6) is 0 Å². The third-order valence-corrected chi connectivity index (χ3v) is 3.59. The molecule has 10 heteroatoms. The summed E-state index contributed by atoms with van der Waals surface area (Å²) in [5.41, 5.74) is -0.401. The Labute approximate surface area is 156 Å². The Morgan fingerprint density at radius 2 is 1.81 bits per heavy atom. The van der Waals surface area contributed by atoms with Gasteiger partial charge in [-0.2, -0.15) is 13.2 Å². The van der Waals surface area contributed by atoms with E-state index in [2.05, 4.69) is 10.3 Å². The first-order chi connectivity index (χ1) is 12.1. The normalized spacial score (nSPS) is 11.1. The molecule has 0 aliphatic rings. The third-order valence-electron chi connectivity index (χ3n) is 3.05. The number of pyridine rings is 1. The predicted molar refractivity (Wildman–Crippen MR) is 89.0 cm³/mol. The van der Waals surface area contributed by atoms with Gasteiger partial charge in [-0.15, -0.1) is 0 Å². The van der Waals surface area contributed by atoms with Crippen LogP contribution in [0.2, 0.25) is 10.0 Å². The lowest BCUT2D eigenvalue weighted by Crippen LogP contribution is -2.22. The van der Waals surface area contributed by atoms with Gasteiger partial charge in [0.15, 0.2) is 12.4 Å². The number of ether oxygens (including phenoxy) is 1. The Morgan fingerprint density at radius 3 is 2.38 bits per heavy atom. The van der Waals surface area contributed by atoms with E-state index >= 15 is 0 Å². The first kappa shape index (κ1) is 20.0. The van der Waals surface area contributed by atoms with E-state index in [4.69, 9.17) is 27.9 Å². The number of aromatic nitrogens is 1. The van der Waals surface area contributed by atoms with Gasteiger partial charge in [-0.3, -0.25) is 9.59 Å². The summed E-state index contributed by atoms with van der Waals surface area (Å²) < 4.78 is 42.4. The summed E-state index contributed by atoms with van der Waals surface area (Å²) in [6, 6.07) is 7.12. The van der Waals surface area contributed by atoms with Crippen molar-refractivity contribution in [2.24, 2.45) is 0 Å². The van der Waals surface area contributed by atoms with Gasteiger partial charge in [-0.1, -0.05) is 35.3 Å². The predicted octanol–water partition coefficient (Wildman–Crippen LogP) is 4.13. The number of anilines is 1. The van der Waals surface area contributed by atoms with E-state index in [1.807, 2.05) is 0 Å². The van der Waals surface area contributed by atoms with Gasteiger partial charge >= 0.3 is 12.1 Å². The number of nitrogens with one attached hydrogen (secondary N) is 1. The lowest BCUT2D eigenvalue weighted by Gasteiger charge is -2.10. The summed E-state index contributed by atoms with van der Waals surface area (Å²) in [6.07, 6.45) is -4.13. The topological polar surface area (TPSA) is 68.3 Å². The van der Waals surface area contributed by atoms with Gasteiger partial charge in [0.05, 0.1) is 17.0 Å². The summed E-state index contributed by atoms with van der Waals surface area (Å²) in [4.78, 5) is 26.8. The van der Waals surface area contributed by atoms with Crippen molar-refractivity contribution in [3.63, 3.8) is 0 Å². The number of hydrogen-bond acceptors (Lipinski definition) is 4. The molecule has 5 nitrogen and oxygen atoms in total. The lowest BCUT2D eigenvalue weighted by molar-refractivity contribution is -0.146. The number of rotatable bonds is 5. The molecule has 0 spiro atoms. The zero-order valence-corrected chi connectivity index (χ0v) is 14.5. The third kappa shape index (κ3) is 5.89. The van der Waals surface area contributed by atoms with Crippen LogP contribution in [0.25, 0.3) is 0 Å². The molecule has 26 heavy (non-hydrogen) atoms. The molecule has 0 radical (unpaired) electrons. The van der Waals surface area contributed by atoms with Crippen molar-refractivity contribution in [2.45, 2.75) is 12.6 Å². The minimum Gasteiger partial charge on any atom is -0.455 e. The van der Waals surface area contributed by atoms with E-state index in [1.165, 1.54) is 0 Å². The standard InChI is InChI=1S/C16H11Cl2F3N2O3/c17-11-3-1-9(2-4-11)5-14(25)26-8-13(24)23-15-12(18)6-10(7-22-15)16(19,20)21/h1-4,6-7H,5,8H2,(H,22,23,24). The summed E-state index contributed by atoms with van der Waals surface area (Å²) >= 11 is 11.4. The number of carbonyl (C=O) groups excluding carboxylic acids is 2. The molecule has 2 rings (SSSR count). The number of amides is 1. The summed E-state index contributed by atoms with van der Waals surface area (Å²) in [7, 11) is 0. The highest BCUT2D eigenvalue weighted by Crippen LogP contribution is 2.32. The van der Waals surface area contributed by atoms with Crippen LogP contribution in [-0.2, 0) is 26.9 Å². The molecule has 0 aliphatic heterocycles. The van der Waals surface area contributed by atoms with Crippen molar-refractivity contribution < 1.29 is 27.5 Å². The Hall–Kier alpha value is -2.32. The zero-order chi connectivity index (χ0) is 19.3. The van der Waals surface area contributed by atoms with Crippen molar-refractivity contribution in [1.82, 2.24) is 4.98 Å². The second-order valence-corrected chi connectivity index (χ2v) is 5.91. The lowest BCUT2D eigenvalue weighted by atomic mass is 10.1. The molecule has 0 unspecified atom stereocenters. The quantitative estimate of drug-likeness (QED) is 0.757. The largest absolute Gasteiger partial charge is 0.455 e. The van der Waals surface area contributed by atoms with Crippen LogP contribution in [0.1, 0.15) is 11.1 Å². The first-order valence-electron chi connectivity index (χ1n) is 7.08. The van der Waals surface area contributed by atoms with E-state index in [0.29, 0.717) is 22.8 Å². The van der Waals surface area contributed by atoms with E-state index in [9.17, 15) is 22.8 Å². The molecule has 1 N–H and O–H groups in total. The molecule has 0 saturated heterocycles. The first-order valence-corrected chi connectivity index (χ1v) is 7.83. The molecule has 1 heterocycles. The number of alkyl halides is 3. The van der Waals surface area contributed by atoms with Crippen molar-refractivity contribution in [3.8, 4) is 0 Å². The van der Waals surface area contributed by atoms with Gasteiger partial charge < -0.3 is 10.1 Å². The van der Waals surface area contributed by atoms with Gasteiger partial charge in [0, 0.05) is 11.2 Å². The number of carbonyl (C=O) groups is 2. The Kier molecular flexibility index (Phi) is 6.44. The fraction of sp³-hybridized carbons (Fsp3) is 0.188. The van der Waals surface area contributed by atoms with Crippen molar-refractivity contribution >= 4 is 40.9 Å². The Morgan fingerprint density at radius 1 is 1.15 bits per heavy atom. The molecule has 0 fully saturated rings. The van der Waals surface area contributed by atoms with Crippen molar-refractivity contribution in [3.05, 3.63) is 57.7 Å². The van der Waals surface area contributed by atoms with Gasteiger partial charge in [-0.05, 0) is 23.8 Å². The zero-order valence-electron chi connectivity index (χ0n) is 12.9. The van der Waals surface area contributed by atoms with Gasteiger partial charge in [-0.25, -0.2) is 4.98 Å². The molecule has 1 aromatic carbocycles. The highest BCUT2D eigenvalue weighted by atomic mass is 35.5. The minimum atomic E-state index is -4.60. The molecule has 138 valence electrons. The second kappa shape index (κ2) is 8.37. The molecule has 0 saturated carbocycles. The maximum Gasteiger partial charge on any atom is 0.417 e. The van der Waals surface area contributed by atoms with Gasteiger partial charge in [0.1, 0.15) is 0 Å². The van der Waals surface area contributed by atoms with Crippen LogP contribution in [-0.4, -0.2) is 23.5 Å². The molecule has 0 atom stereocenters. The Balaban J connectivity index is 1.86. The maximum absolute atomic E-state index is 12.5. The molecular weight excluding hydrogens is 396 g/mol. The highest BCUT2D eigenvalue weighted by molar-refractivity contribution is 6.33. The number of esters is 1. The van der Waals surface area contributed by atoms with Crippen LogP contribution in [0.3, 0.4) is 0 Å². The summed E-state index contributed by atoms with van der Waals surface area (Å²) in [6.45, 7) is -0.633. The summed E-state index contributed by atoms with van der Waals surface area (Å²) in [5.74, 6) is -1.71. The fourth-order valence-corrected chi connectivity index (χ4v) is 2.16. The van der Waals surface area contributed by atoms with Gasteiger partial charge in [0.2, 0.25) is 0 Å². The van der Waals surface area contributed by atoms with Crippen molar-refractivity contribution in [1.29, 1.82) is 0 Å². The van der Waals surface area contributed by atoms with E-state index in [1.54, 1.807) is 24.3 Å². The molecule has 1 amide bonds.